The van der Waals surface area contributed by atoms with Crippen molar-refractivity contribution in [1.82, 2.24) is 9.88 Å². The second-order valence-corrected chi connectivity index (χ2v) is 6.23. The van der Waals surface area contributed by atoms with Crippen LogP contribution in [0.4, 0.5) is 0 Å². The van der Waals surface area contributed by atoms with E-state index in [1.807, 2.05) is 24.3 Å². The summed E-state index contributed by atoms with van der Waals surface area (Å²) in [5.74, 6) is 2.11. The molecule has 1 saturated heterocycles. The van der Waals surface area contributed by atoms with Gasteiger partial charge in [-0.05, 0) is 43.1 Å². The van der Waals surface area contributed by atoms with Gasteiger partial charge in [-0.25, -0.2) is 4.98 Å². The van der Waals surface area contributed by atoms with Crippen molar-refractivity contribution in [3.63, 3.8) is 0 Å². The molecule has 4 nitrogen and oxygen atoms in total. The van der Waals surface area contributed by atoms with E-state index in [0.29, 0.717) is 12.5 Å². The van der Waals surface area contributed by atoms with Crippen LogP contribution < -0.4 is 5.73 Å². The Labute approximate surface area is 129 Å². The first-order chi connectivity index (χ1) is 10.1. The molecule has 1 aliphatic heterocycles. The molecule has 1 fully saturated rings. The zero-order chi connectivity index (χ0) is 14.8. The number of hydrogen-bond donors (Lipinski definition) is 1. The quantitative estimate of drug-likeness (QED) is 0.946. The summed E-state index contributed by atoms with van der Waals surface area (Å²) in [7, 11) is 0. The molecule has 5 heteroatoms. The third kappa shape index (κ3) is 3.46. The van der Waals surface area contributed by atoms with Crippen LogP contribution in [0, 0.1) is 5.92 Å². The summed E-state index contributed by atoms with van der Waals surface area (Å²) in [6, 6.07) is 7.81. The van der Waals surface area contributed by atoms with Crippen LogP contribution in [-0.2, 0) is 6.54 Å². The Morgan fingerprint density at radius 2 is 2.14 bits per heavy atom. The number of aromatic nitrogens is 1. The molecule has 0 radical (unpaired) electrons. The van der Waals surface area contributed by atoms with Gasteiger partial charge in [-0.2, -0.15) is 0 Å². The molecule has 2 unspecified atom stereocenters. The summed E-state index contributed by atoms with van der Waals surface area (Å²) in [6.07, 6.45) is 2.90. The lowest BCUT2D eigenvalue weighted by atomic mass is 9.94. The molecule has 2 heterocycles. The van der Waals surface area contributed by atoms with Gasteiger partial charge in [-0.3, -0.25) is 4.90 Å². The molecule has 0 bridgehead atoms. The third-order valence-electron chi connectivity index (χ3n) is 4.14. The van der Waals surface area contributed by atoms with Gasteiger partial charge in [0.2, 0.25) is 5.89 Å². The Kier molecular flexibility index (Phi) is 4.29. The zero-order valence-corrected chi connectivity index (χ0v) is 12.9. The van der Waals surface area contributed by atoms with Crippen LogP contribution in [0.25, 0.3) is 11.3 Å². The number of benzene rings is 1. The van der Waals surface area contributed by atoms with Gasteiger partial charge in [0.1, 0.15) is 0 Å². The number of rotatable bonds is 3. The summed E-state index contributed by atoms with van der Waals surface area (Å²) >= 11 is 5.89. The molecule has 0 aliphatic carbocycles. The van der Waals surface area contributed by atoms with E-state index in [1.165, 1.54) is 0 Å². The van der Waals surface area contributed by atoms with Crippen LogP contribution >= 0.6 is 11.6 Å². The number of nitrogens with two attached hydrogens (primary N) is 1. The van der Waals surface area contributed by atoms with Crippen molar-refractivity contribution in [3.05, 3.63) is 41.4 Å². The topological polar surface area (TPSA) is 55.3 Å². The molecule has 3 rings (SSSR count). The highest BCUT2D eigenvalue weighted by molar-refractivity contribution is 6.30. The fourth-order valence-corrected chi connectivity index (χ4v) is 2.76. The number of halogens is 1. The van der Waals surface area contributed by atoms with Crippen molar-refractivity contribution < 1.29 is 4.42 Å². The molecule has 2 N–H and O–H groups in total. The Bertz CT molecular complexity index is 596. The maximum atomic E-state index is 6.13. The van der Waals surface area contributed by atoms with Crippen LogP contribution in [0.2, 0.25) is 5.02 Å². The molecule has 0 spiro atoms. The molecule has 1 aromatic heterocycles. The highest BCUT2D eigenvalue weighted by Gasteiger charge is 2.24. The standard InChI is InChI=1S/C16H20ClN3O/c1-11-6-7-20(9-14(11)18)10-16-19-8-15(21-16)12-2-4-13(17)5-3-12/h2-5,8,11,14H,6-7,9-10,18H2,1H3. The molecular weight excluding hydrogens is 286 g/mol. The highest BCUT2D eigenvalue weighted by atomic mass is 35.5. The predicted octanol–water partition coefficient (Wildman–Crippen LogP) is 3.16. The van der Waals surface area contributed by atoms with Crippen LogP contribution in [-0.4, -0.2) is 29.0 Å². The van der Waals surface area contributed by atoms with Crippen molar-refractivity contribution in [2.24, 2.45) is 11.7 Å². The Balaban J connectivity index is 1.66. The minimum absolute atomic E-state index is 0.240. The first-order valence-corrected chi connectivity index (χ1v) is 7.68. The van der Waals surface area contributed by atoms with Crippen molar-refractivity contribution in [2.75, 3.05) is 13.1 Å². The second kappa shape index (κ2) is 6.18. The van der Waals surface area contributed by atoms with Gasteiger partial charge in [0.15, 0.2) is 5.76 Å². The van der Waals surface area contributed by atoms with Crippen LogP contribution in [0.5, 0.6) is 0 Å². The lowest BCUT2D eigenvalue weighted by molar-refractivity contribution is 0.150. The summed E-state index contributed by atoms with van der Waals surface area (Å²) in [6.45, 7) is 4.88. The van der Waals surface area contributed by atoms with Gasteiger partial charge >= 0.3 is 0 Å². The summed E-state index contributed by atoms with van der Waals surface area (Å²) in [5, 5.41) is 0.718. The highest BCUT2D eigenvalue weighted by Crippen LogP contribution is 2.23. The fourth-order valence-electron chi connectivity index (χ4n) is 2.64. The Morgan fingerprint density at radius 1 is 1.38 bits per heavy atom. The lowest BCUT2D eigenvalue weighted by Gasteiger charge is -2.34. The number of hydrogen-bond acceptors (Lipinski definition) is 4. The van der Waals surface area contributed by atoms with Crippen molar-refractivity contribution >= 4 is 11.6 Å². The largest absolute Gasteiger partial charge is 0.439 e. The Hall–Kier alpha value is -1.36. The molecule has 2 atom stereocenters. The van der Waals surface area contributed by atoms with E-state index in [9.17, 15) is 0 Å². The summed E-state index contributed by atoms with van der Waals surface area (Å²) in [4.78, 5) is 6.68. The van der Waals surface area contributed by atoms with Gasteiger partial charge < -0.3 is 10.2 Å². The first-order valence-electron chi connectivity index (χ1n) is 7.30. The zero-order valence-electron chi connectivity index (χ0n) is 12.1. The monoisotopic (exact) mass is 305 g/mol. The number of piperidine rings is 1. The fraction of sp³-hybridized carbons (Fsp3) is 0.438. The second-order valence-electron chi connectivity index (χ2n) is 5.79. The molecule has 21 heavy (non-hydrogen) atoms. The minimum Gasteiger partial charge on any atom is -0.439 e. The van der Waals surface area contributed by atoms with Crippen molar-refractivity contribution in [1.29, 1.82) is 0 Å². The van der Waals surface area contributed by atoms with E-state index in [4.69, 9.17) is 21.8 Å². The maximum absolute atomic E-state index is 6.13. The van der Waals surface area contributed by atoms with Crippen molar-refractivity contribution in [2.45, 2.75) is 25.9 Å². The van der Waals surface area contributed by atoms with Gasteiger partial charge in [-0.1, -0.05) is 18.5 Å². The predicted molar refractivity (Wildman–Crippen MR) is 84.0 cm³/mol. The first kappa shape index (κ1) is 14.6. The van der Waals surface area contributed by atoms with Crippen LogP contribution in [0.3, 0.4) is 0 Å². The SMILES string of the molecule is CC1CCN(Cc2ncc(-c3ccc(Cl)cc3)o2)CC1N. The van der Waals surface area contributed by atoms with E-state index < -0.39 is 0 Å². The molecule has 0 amide bonds. The minimum atomic E-state index is 0.240. The smallest absolute Gasteiger partial charge is 0.209 e. The van der Waals surface area contributed by atoms with E-state index in [-0.39, 0.29) is 6.04 Å². The maximum Gasteiger partial charge on any atom is 0.209 e. The van der Waals surface area contributed by atoms with Gasteiger partial charge in [0.25, 0.3) is 0 Å². The van der Waals surface area contributed by atoms with Gasteiger partial charge in [0.05, 0.1) is 12.7 Å². The lowest BCUT2D eigenvalue weighted by Crippen LogP contribution is -2.47. The average Bonchev–Trinajstić information content (AvgIpc) is 2.92. The average molecular weight is 306 g/mol. The Morgan fingerprint density at radius 3 is 2.86 bits per heavy atom. The number of nitrogens with zero attached hydrogens (tertiary/aromatic N) is 2. The summed E-state index contributed by atoms with van der Waals surface area (Å²) < 4.78 is 5.84. The molecule has 1 aliphatic rings. The summed E-state index contributed by atoms with van der Waals surface area (Å²) in [5.41, 5.74) is 7.12. The molecule has 0 saturated carbocycles. The van der Waals surface area contributed by atoms with E-state index in [0.717, 1.165) is 41.7 Å². The van der Waals surface area contributed by atoms with Crippen LogP contribution in [0.15, 0.2) is 34.9 Å². The van der Waals surface area contributed by atoms with Crippen LogP contribution in [0.1, 0.15) is 19.2 Å². The molecule has 2 aromatic rings. The van der Waals surface area contributed by atoms with E-state index in [1.54, 1.807) is 6.20 Å². The third-order valence-corrected chi connectivity index (χ3v) is 4.39. The number of likely N-dealkylation sites (tertiary alicyclic amines) is 1. The number of oxazole rings is 1. The van der Waals surface area contributed by atoms with Crippen molar-refractivity contribution in [3.8, 4) is 11.3 Å². The van der Waals surface area contributed by atoms with Gasteiger partial charge in [0, 0.05) is 23.2 Å². The molecule has 112 valence electrons. The normalized spacial score (nSPS) is 23.4. The van der Waals surface area contributed by atoms with Gasteiger partial charge in [-0.15, -0.1) is 0 Å². The molecular formula is C16H20ClN3O. The van der Waals surface area contributed by atoms with E-state index in [2.05, 4.69) is 16.8 Å². The van der Waals surface area contributed by atoms with E-state index >= 15 is 0 Å². The molecule has 1 aromatic carbocycles.